The van der Waals surface area contributed by atoms with Crippen LogP contribution in [0, 0.1) is 13.8 Å². The molecule has 2 aromatic carbocycles. The Bertz CT molecular complexity index is 787. The lowest BCUT2D eigenvalue weighted by molar-refractivity contribution is -0.214. The second-order valence-corrected chi connectivity index (χ2v) is 6.72. The molecule has 5 heteroatoms. The average molecular weight is 343 g/mol. The molecule has 0 atom stereocenters. The highest BCUT2D eigenvalue weighted by molar-refractivity contribution is 8.04. The number of hydrazine groups is 1. The van der Waals surface area contributed by atoms with Crippen molar-refractivity contribution in [3.05, 3.63) is 53.6 Å². The normalized spacial score (nSPS) is 10.3. The molecule has 2 rings (SSSR count). The molecular weight excluding hydrogens is 324 g/mol. The van der Waals surface area contributed by atoms with Crippen molar-refractivity contribution in [1.82, 2.24) is 5.01 Å². The van der Waals surface area contributed by atoms with E-state index in [1.807, 2.05) is 33.2 Å². The van der Waals surface area contributed by atoms with E-state index in [4.69, 9.17) is 12.2 Å². The van der Waals surface area contributed by atoms with E-state index in [-0.39, 0.29) is 5.17 Å². The zero-order chi connectivity index (χ0) is 17.0. The molecule has 0 saturated carbocycles. The number of benzene rings is 2. The van der Waals surface area contributed by atoms with Crippen LogP contribution in [0.15, 0.2) is 42.5 Å². The van der Waals surface area contributed by atoms with Gasteiger partial charge in [-0.2, -0.15) is 0 Å². The highest BCUT2D eigenvalue weighted by atomic mass is 32.1. The van der Waals surface area contributed by atoms with Crippen LogP contribution in [-0.2, 0) is 0 Å². The molecular formula is C18H19N2OS2-. The molecule has 3 nitrogen and oxygen atoms in total. The first-order valence-corrected chi connectivity index (χ1v) is 8.39. The van der Waals surface area contributed by atoms with E-state index in [9.17, 15) is 5.11 Å². The van der Waals surface area contributed by atoms with E-state index in [1.165, 1.54) is 5.56 Å². The molecule has 0 spiro atoms. The summed E-state index contributed by atoms with van der Waals surface area (Å²) in [7, 11) is 4.55. The second kappa shape index (κ2) is 7.68. The van der Waals surface area contributed by atoms with Crippen molar-refractivity contribution in [2.75, 3.05) is 19.1 Å². The molecule has 0 amide bonds. The molecule has 120 valence electrons. The maximum atomic E-state index is 12.4. The van der Waals surface area contributed by atoms with Gasteiger partial charge >= 0.3 is 0 Å². The van der Waals surface area contributed by atoms with Gasteiger partial charge in [0.1, 0.15) is 0 Å². The molecule has 0 N–H and O–H groups in total. The first kappa shape index (κ1) is 17.6. The molecule has 0 aromatic heterocycles. The molecule has 0 radical (unpaired) electrons. The van der Waals surface area contributed by atoms with Crippen LogP contribution < -0.4 is 10.1 Å². The first-order chi connectivity index (χ1) is 10.9. The summed E-state index contributed by atoms with van der Waals surface area (Å²) in [5.41, 5.74) is 5.26. The lowest BCUT2D eigenvalue weighted by Crippen LogP contribution is -2.47. The molecule has 2 aromatic rings. The average Bonchev–Trinajstić information content (AvgIpc) is 2.50. The largest absolute Gasteiger partial charge is 0.804 e. The van der Waals surface area contributed by atoms with Crippen molar-refractivity contribution in [2.24, 2.45) is 0 Å². The van der Waals surface area contributed by atoms with Gasteiger partial charge < -0.3 is 5.11 Å². The van der Waals surface area contributed by atoms with Crippen LogP contribution in [0.3, 0.4) is 0 Å². The van der Waals surface area contributed by atoms with Gasteiger partial charge in [0.2, 0.25) is 0 Å². The lowest BCUT2D eigenvalue weighted by Gasteiger charge is -2.36. The quantitative estimate of drug-likeness (QED) is 0.632. The third-order valence-corrected chi connectivity index (χ3v) is 4.13. The van der Waals surface area contributed by atoms with Gasteiger partial charge in [-0.05, 0) is 43.8 Å². The fourth-order valence-electron chi connectivity index (χ4n) is 2.35. The van der Waals surface area contributed by atoms with Gasteiger partial charge in [0.25, 0.3) is 0 Å². The molecule has 0 heterocycles. The molecule has 0 bridgehead atoms. The number of aryl methyl sites for hydroxylation is 2. The predicted octanol–water partition coefficient (Wildman–Crippen LogP) is 3.27. The van der Waals surface area contributed by atoms with Gasteiger partial charge in [0, 0.05) is 29.1 Å². The topological polar surface area (TPSA) is 29.5 Å². The van der Waals surface area contributed by atoms with Crippen LogP contribution in [0.2, 0.25) is 0 Å². The number of anilines is 1. The van der Waals surface area contributed by atoms with Crippen LogP contribution in [0.4, 0.5) is 5.69 Å². The Balaban J connectivity index is 2.68. The predicted molar refractivity (Wildman–Crippen MR) is 103 cm³/mol. The SMILES string of the molecule is Cc1ccc(-c2cc(C)ccc2N(C([O-])=S=C=S)N(C)C)cc1. The summed E-state index contributed by atoms with van der Waals surface area (Å²) in [6.45, 7) is 4.10. The summed E-state index contributed by atoms with van der Waals surface area (Å²) in [5.74, 6) is 0. The summed E-state index contributed by atoms with van der Waals surface area (Å²) in [5, 5.41) is 15.6. The summed E-state index contributed by atoms with van der Waals surface area (Å²) >= 11 is 4.69. The van der Waals surface area contributed by atoms with E-state index >= 15 is 0 Å². The van der Waals surface area contributed by atoms with Gasteiger partial charge in [0.15, 0.2) is 0 Å². The van der Waals surface area contributed by atoms with Crippen LogP contribution in [0.5, 0.6) is 0 Å². The fraction of sp³-hybridized carbons (Fsp3) is 0.222. The minimum atomic E-state index is -0.179. The van der Waals surface area contributed by atoms with Gasteiger partial charge in [-0.15, -0.1) is 0 Å². The molecule has 0 fully saturated rings. The third-order valence-electron chi connectivity index (χ3n) is 3.44. The summed E-state index contributed by atoms with van der Waals surface area (Å²) < 4.78 is 2.43. The molecule has 0 aliphatic rings. The summed E-state index contributed by atoms with van der Waals surface area (Å²) in [4.78, 5) is 0. The Morgan fingerprint density at radius 3 is 2.22 bits per heavy atom. The fourth-order valence-corrected chi connectivity index (χ4v) is 2.99. The van der Waals surface area contributed by atoms with Crippen molar-refractivity contribution in [1.29, 1.82) is 0 Å². The molecule has 0 saturated heterocycles. The monoisotopic (exact) mass is 343 g/mol. The van der Waals surface area contributed by atoms with E-state index < -0.39 is 0 Å². The number of hydrogen-bond donors (Lipinski definition) is 0. The minimum Gasteiger partial charge on any atom is -0.804 e. The number of thiocarbonyl (C=S) groups is 1. The zero-order valence-electron chi connectivity index (χ0n) is 13.7. The van der Waals surface area contributed by atoms with E-state index in [2.05, 4.69) is 41.6 Å². The Morgan fingerprint density at radius 1 is 1.04 bits per heavy atom. The van der Waals surface area contributed by atoms with Crippen LogP contribution in [0.1, 0.15) is 11.1 Å². The molecule has 0 unspecified atom stereocenters. The number of rotatable bonds is 3. The standard InChI is InChI=1S/C18H20N2OS2/c1-13-5-8-15(9-6-13)16-11-14(2)7-10-17(16)20(19(3)4)18(21)23-12-22/h5-11,21H,1-4H3/p-1. The Morgan fingerprint density at radius 2 is 1.65 bits per heavy atom. The highest BCUT2D eigenvalue weighted by Gasteiger charge is 2.14. The third kappa shape index (κ3) is 4.16. The van der Waals surface area contributed by atoms with E-state index in [0.717, 1.165) is 33.3 Å². The Labute approximate surface area is 146 Å². The van der Waals surface area contributed by atoms with Crippen molar-refractivity contribution < 1.29 is 5.11 Å². The van der Waals surface area contributed by atoms with Crippen molar-refractivity contribution in [3.8, 4) is 11.1 Å². The lowest BCUT2D eigenvalue weighted by atomic mass is 10.00. The molecule has 23 heavy (non-hydrogen) atoms. The van der Waals surface area contributed by atoms with Gasteiger partial charge in [-0.25, -0.2) is 5.01 Å². The summed E-state index contributed by atoms with van der Waals surface area (Å²) in [6, 6.07) is 14.4. The van der Waals surface area contributed by atoms with Crippen molar-refractivity contribution in [2.45, 2.75) is 13.8 Å². The van der Waals surface area contributed by atoms with Crippen LogP contribution in [-0.4, -0.2) is 28.6 Å². The van der Waals surface area contributed by atoms with Crippen LogP contribution in [0.25, 0.3) is 11.1 Å². The van der Waals surface area contributed by atoms with Crippen molar-refractivity contribution >= 4 is 38.3 Å². The van der Waals surface area contributed by atoms with Gasteiger partial charge in [-0.3, -0.25) is 5.01 Å². The van der Waals surface area contributed by atoms with Crippen molar-refractivity contribution in [3.63, 3.8) is 0 Å². The first-order valence-electron chi connectivity index (χ1n) is 7.17. The van der Waals surface area contributed by atoms with Gasteiger partial charge in [0.05, 0.1) is 5.69 Å². The molecule has 0 aliphatic carbocycles. The smallest absolute Gasteiger partial charge is 0.0649 e. The second-order valence-electron chi connectivity index (χ2n) is 5.50. The summed E-state index contributed by atoms with van der Waals surface area (Å²) in [6.07, 6.45) is 0. The van der Waals surface area contributed by atoms with Crippen LogP contribution >= 0.6 is 23.2 Å². The molecule has 0 aliphatic heterocycles. The number of hydrogen-bond acceptors (Lipinski definition) is 3. The highest BCUT2D eigenvalue weighted by Crippen LogP contribution is 2.32. The maximum Gasteiger partial charge on any atom is 0.0649 e. The Kier molecular flexibility index (Phi) is 5.88. The maximum absolute atomic E-state index is 12.4. The van der Waals surface area contributed by atoms with E-state index in [1.54, 1.807) is 10.0 Å². The number of nitrogens with zero attached hydrogens (tertiary/aromatic N) is 2. The zero-order valence-corrected chi connectivity index (χ0v) is 15.3. The minimum absolute atomic E-state index is 0.179. The Hall–Kier alpha value is -1.75. The van der Waals surface area contributed by atoms with E-state index in [0.29, 0.717) is 0 Å². The van der Waals surface area contributed by atoms with Gasteiger partial charge in [-0.1, -0.05) is 52.4 Å².